The molecular weight excluding hydrogens is 362 g/mol. The van der Waals surface area contributed by atoms with Crippen molar-refractivity contribution >= 4 is 24.2 Å². The summed E-state index contributed by atoms with van der Waals surface area (Å²) < 4.78 is 0. The summed E-state index contributed by atoms with van der Waals surface area (Å²) in [7, 11) is 0. The third-order valence-electron chi connectivity index (χ3n) is 5.80. The number of amides is 2. The van der Waals surface area contributed by atoms with Gasteiger partial charge >= 0.3 is 0 Å². The van der Waals surface area contributed by atoms with Crippen LogP contribution in [0.25, 0.3) is 0 Å². The molecule has 27 heavy (non-hydrogen) atoms. The van der Waals surface area contributed by atoms with E-state index >= 15 is 0 Å². The molecule has 0 unspecified atom stereocenters. The highest BCUT2D eigenvalue weighted by molar-refractivity contribution is 5.88. The second kappa shape index (κ2) is 9.07. The quantitative estimate of drug-likeness (QED) is 0.747. The summed E-state index contributed by atoms with van der Waals surface area (Å²) in [4.78, 5) is 26.8. The van der Waals surface area contributed by atoms with Gasteiger partial charge in [-0.1, -0.05) is 38.1 Å². The third-order valence-corrected chi connectivity index (χ3v) is 5.80. The lowest BCUT2D eigenvalue weighted by Gasteiger charge is -2.44. The number of halogens is 1. The van der Waals surface area contributed by atoms with Crippen LogP contribution in [-0.4, -0.2) is 41.4 Å². The van der Waals surface area contributed by atoms with E-state index in [1.54, 1.807) is 0 Å². The number of nitrogens with zero attached hydrogens (tertiary/aromatic N) is 1. The van der Waals surface area contributed by atoms with Crippen molar-refractivity contribution in [2.24, 2.45) is 11.7 Å². The van der Waals surface area contributed by atoms with E-state index in [-0.39, 0.29) is 36.7 Å². The monoisotopic (exact) mass is 393 g/mol. The average Bonchev–Trinajstić information content (AvgIpc) is 3.40. The molecule has 150 valence electrons. The molecule has 0 bridgehead atoms. The number of carbonyl (C=O) groups is 2. The van der Waals surface area contributed by atoms with Crippen LogP contribution in [0.3, 0.4) is 0 Å². The van der Waals surface area contributed by atoms with E-state index in [0.29, 0.717) is 18.0 Å². The zero-order chi connectivity index (χ0) is 18.8. The van der Waals surface area contributed by atoms with E-state index in [1.807, 2.05) is 18.7 Å². The summed E-state index contributed by atoms with van der Waals surface area (Å²) in [6.07, 6.45) is 4.20. The van der Waals surface area contributed by atoms with Crippen LogP contribution in [0.1, 0.15) is 56.6 Å². The van der Waals surface area contributed by atoms with E-state index in [2.05, 4.69) is 36.5 Å². The van der Waals surface area contributed by atoms with Gasteiger partial charge in [-0.05, 0) is 55.6 Å². The van der Waals surface area contributed by atoms with Gasteiger partial charge in [-0.15, -0.1) is 12.4 Å². The van der Waals surface area contributed by atoms with Crippen molar-refractivity contribution in [3.8, 4) is 0 Å². The van der Waals surface area contributed by atoms with Crippen molar-refractivity contribution in [3.05, 3.63) is 35.4 Å². The van der Waals surface area contributed by atoms with Crippen molar-refractivity contribution in [3.63, 3.8) is 0 Å². The molecule has 0 saturated heterocycles. The van der Waals surface area contributed by atoms with Crippen LogP contribution in [0.4, 0.5) is 0 Å². The fraction of sp³-hybridized carbons (Fsp3) is 0.619. The lowest BCUT2D eigenvalue weighted by atomic mass is 9.73. The molecular formula is C21H32ClN3O2. The molecule has 1 atom stereocenters. The van der Waals surface area contributed by atoms with E-state index in [0.717, 1.165) is 25.7 Å². The summed E-state index contributed by atoms with van der Waals surface area (Å²) >= 11 is 0. The highest BCUT2D eigenvalue weighted by Crippen LogP contribution is 2.44. The number of rotatable bonds is 7. The topological polar surface area (TPSA) is 75.4 Å². The van der Waals surface area contributed by atoms with E-state index in [4.69, 9.17) is 5.73 Å². The van der Waals surface area contributed by atoms with Crippen LogP contribution in [0.15, 0.2) is 24.3 Å². The molecule has 0 aliphatic heterocycles. The fourth-order valence-electron chi connectivity index (χ4n) is 3.85. The molecule has 1 aromatic rings. The summed E-state index contributed by atoms with van der Waals surface area (Å²) in [5.41, 5.74) is 8.59. The number of carbonyl (C=O) groups excluding carboxylic acids is 2. The third kappa shape index (κ3) is 5.02. The van der Waals surface area contributed by atoms with Gasteiger partial charge in [0, 0.05) is 12.1 Å². The SMILES string of the molecule is Cc1ccccc1C1CC(N(C(=O)CNC(=O)[C@@H](N)C(C)C)C2CC2)C1.Cl. The highest BCUT2D eigenvalue weighted by atomic mass is 35.5. The van der Waals surface area contributed by atoms with Crippen molar-refractivity contribution < 1.29 is 9.59 Å². The van der Waals surface area contributed by atoms with Crippen molar-refractivity contribution in [2.75, 3.05) is 6.54 Å². The van der Waals surface area contributed by atoms with Gasteiger partial charge in [0.2, 0.25) is 11.8 Å². The minimum atomic E-state index is -0.564. The zero-order valence-corrected chi connectivity index (χ0v) is 17.3. The van der Waals surface area contributed by atoms with Crippen LogP contribution in [0, 0.1) is 12.8 Å². The molecule has 3 rings (SSSR count). The Morgan fingerprint density at radius 1 is 1.19 bits per heavy atom. The van der Waals surface area contributed by atoms with E-state index in [9.17, 15) is 9.59 Å². The first-order chi connectivity index (χ1) is 12.4. The molecule has 6 heteroatoms. The Bertz CT molecular complexity index is 669. The summed E-state index contributed by atoms with van der Waals surface area (Å²) in [6, 6.07) is 8.61. The molecule has 3 N–H and O–H groups in total. The van der Waals surface area contributed by atoms with Gasteiger partial charge in [0.05, 0.1) is 12.6 Å². The number of nitrogens with two attached hydrogens (primary N) is 1. The number of hydrogen-bond acceptors (Lipinski definition) is 3. The molecule has 0 spiro atoms. The first kappa shape index (κ1) is 21.7. The van der Waals surface area contributed by atoms with Gasteiger partial charge in [0.15, 0.2) is 0 Å². The summed E-state index contributed by atoms with van der Waals surface area (Å²) in [5, 5.41) is 2.73. The number of hydrogen-bond donors (Lipinski definition) is 2. The van der Waals surface area contributed by atoms with Crippen molar-refractivity contribution in [2.45, 2.75) is 70.5 Å². The molecule has 5 nitrogen and oxygen atoms in total. The van der Waals surface area contributed by atoms with Gasteiger partial charge in [0.1, 0.15) is 0 Å². The normalized spacial score (nSPS) is 22.4. The maximum absolute atomic E-state index is 12.7. The minimum Gasteiger partial charge on any atom is -0.346 e. The molecule has 2 amide bonds. The van der Waals surface area contributed by atoms with Gasteiger partial charge in [-0.2, -0.15) is 0 Å². The maximum atomic E-state index is 12.7. The summed E-state index contributed by atoms with van der Waals surface area (Å²) in [6.45, 7) is 6.02. The standard InChI is InChI=1S/C21H31N3O2.ClH/c1-13(2)20(22)21(26)23-12-19(25)24(16-8-9-16)17-10-15(11-17)18-7-5-4-6-14(18)3;/h4-7,13,15-17,20H,8-12,22H2,1-3H3,(H,23,26);1H/t15?,17?,20-;/m0./s1. The number of benzene rings is 1. The van der Waals surface area contributed by atoms with Crippen LogP contribution in [0.5, 0.6) is 0 Å². The van der Waals surface area contributed by atoms with E-state index < -0.39 is 6.04 Å². The second-order valence-electron chi connectivity index (χ2n) is 8.20. The molecule has 2 saturated carbocycles. The minimum absolute atomic E-state index is 0. The van der Waals surface area contributed by atoms with Gasteiger partial charge in [0.25, 0.3) is 0 Å². The molecule has 2 aliphatic rings. The summed E-state index contributed by atoms with van der Waals surface area (Å²) in [5.74, 6) is 0.394. The zero-order valence-electron chi connectivity index (χ0n) is 16.5. The smallest absolute Gasteiger partial charge is 0.242 e. The molecule has 0 aromatic heterocycles. The van der Waals surface area contributed by atoms with Gasteiger partial charge in [-0.25, -0.2) is 0 Å². The first-order valence-corrected chi connectivity index (χ1v) is 9.78. The second-order valence-corrected chi connectivity index (χ2v) is 8.20. The molecule has 2 fully saturated rings. The lowest BCUT2D eigenvalue weighted by Crippen LogP contribution is -2.53. The molecule has 0 radical (unpaired) electrons. The number of aryl methyl sites for hydroxylation is 1. The Balaban J connectivity index is 0.00000261. The Morgan fingerprint density at radius 2 is 1.81 bits per heavy atom. The first-order valence-electron chi connectivity index (χ1n) is 9.78. The Kier molecular flexibility index (Phi) is 7.29. The molecule has 1 aromatic carbocycles. The lowest BCUT2D eigenvalue weighted by molar-refractivity contribution is -0.137. The number of nitrogens with one attached hydrogen (secondary N) is 1. The Hall–Kier alpha value is -1.59. The fourth-order valence-corrected chi connectivity index (χ4v) is 3.85. The molecule has 2 aliphatic carbocycles. The maximum Gasteiger partial charge on any atom is 0.242 e. The predicted octanol–water partition coefficient (Wildman–Crippen LogP) is 2.75. The van der Waals surface area contributed by atoms with E-state index in [1.165, 1.54) is 11.1 Å². The Labute approximate surface area is 168 Å². The van der Waals surface area contributed by atoms with Gasteiger partial charge < -0.3 is 16.0 Å². The highest BCUT2D eigenvalue weighted by Gasteiger charge is 2.43. The van der Waals surface area contributed by atoms with Gasteiger partial charge in [-0.3, -0.25) is 9.59 Å². The van der Waals surface area contributed by atoms with Crippen LogP contribution < -0.4 is 11.1 Å². The van der Waals surface area contributed by atoms with Crippen molar-refractivity contribution in [1.82, 2.24) is 10.2 Å². The van der Waals surface area contributed by atoms with Crippen molar-refractivity contribution in [1.29, 1.82) is 0 Å². The van der Waals surface area contributed by atoms with Crippen LogP contribution in [-0.2, 0) is 9.59 Å². The van der Waals surface area contributed by atoms with Crippen LogP contribution >= 0.6 is 12.4 Å². The predicted molar refractivity (Wildman–Crippen MR) is 110 cm³/mol. The average molecular weight is 394 g/mol. The molecule has 0 heterocycles. The largest absolute Gasteiger partial charge is 0.346 e. The van der Waals surface area contributed by atoms with Crippen LogP contribution in [0.2, 0.25) is 0 Å². The Morgan fingerprint density at radius 3 is 2.37 bits per heavy atom.